The number of benzene rings is 1. The van der Waals surface area contributed by atoms with Crippen molar-refractivity contribution in [2.75, 3.05) is 50.8 Å². The Kier molecular flexibility index (Phi) is 7.16. The van der Waals surface area contributed by atoms with E-state index in [1.807, 2.05) is 18.3 Å². The van der Waals surface area contributed by atoms with Gasteiger partial charge in [0.1, 0.15) is 5.82 Å². The van der Waals surface area contributed by atoms with Gasteiger partial charge in [-0.3, -0.25) is 4.90 Å². The van der Waals surface area contributed by atoms with E-state index in [1.165, 1.54) is 11.1 Å². The molecule has 7 nitrogen and oxygen atoms in total. The van der Waals surface area contributed by atoms with Gasteiger partial charge in [-0.15, -0.1) is 0 Å². The molecule has 1 saturated heterocycles. The SMILES string of the molecule is O=C(NCCCN1CCOCC1)NCc1ccc(N2CCc3ccccc3C2)nc1. The van der Waals surface area contributed by atoms with E-state index < -0.39 is 0 Å². The van der Waals surface area contributed by atoms with Crippen LogP contribution in [-0.4, -0.2) is 61.9 Å². The number of pyridine rings is 1. The second-order valence-electron chi connectivity index (χ2n) is 7.88. The molecule has 1 aromatic carbocycles. The second kappa shape index (κ2) is 10.4. The molecule has 2 N–H and O–H groups in total. The first-order valence-electron chi connectivity index (χ1n) is 10.9. The van der Waals surface area contributed by atoms with Gasteiger partial charge in [0, 0.05) is 45.5 Å². The van der Waals surface area contributed by atoms with E-state index in [-0.39, 0.29) is 6.03 Å². The number of amides is 2. The molecule has 0 unspecified atom stereocenters. The number of anilines is 1. The van der Waals surface area contributed by atoms with Crippen LogP contribution >= 0.6 is 0 Å². The predicted molar refractivity (Wildman–Crippen MR) is 118 cm³/mol. The maximum Gasteiger partial charge on any atom is 0.315 e. The highest BCUT2D eigenvalue weighted by molar-refractivity contribution is 5.73. The van der Waals surface area contributed by atoms with Crippen molar-refractivity contribution >= 4 is 11.8 Å². The lowest BCUT2D eigenvalue weighted by molar-refractivity contribution is 0.0375. The van der Waals surface area contributed by atoms with E-state index in [1.54, 1.807) is 0 Å². The summed E-state index contributed by atoms with van der Waals surface area (Å²) in [5.41, 5.74) is 3.81. The topological polar surface area (TPSA) is 69.7 Å². The fraction of sp³-hybridized carbons (Fsp3) is 0.478. The van der Waals surface area contributed by atoms with Crippen LogP contribution in [0.3, 0.4) is 0 Å². The number of hydrogen-bond donors (Lipinski definition) is 2. The van der Waals surface area contributed by atoms with Crippen LogP contribution in [0.5, 0.6) is 0 Å². The average Bonchev–Trinajstić information content (AvgIpc) is 2.81. The fourth-order valence-corrected chi connectivity index (χ4v) is 3.97. The number of carbonyl (C=O) groups is 1. The number of nitrogens with zero attached hydrogens (tertiary/aromatic N) is 3. The summed E-state index contributed by atoms with van der Waals surface area (Å²) in [7, 11) is 0. The molecule has 7 heteroatoms. The highest BCUT2D eigenvalue weighted by atomic mass is 16.5. The monoisotopic (exact) mass is 409 g/mol. The van der Waals surface area contributed by atoms with Crippen LogP contribution in [0.25, 0.3) is 0 Å². The quantitative estimate of drug-likeness (QED) is 0.686. The molecule has 0 spiro atoms. The van der Waals surface area contributed by atoms with E-state index in [4.69, 9.17) is 4.74 Å². The van der Waals surface area contributed by atoms with Crippen LogP contribution < -0.4 is 15.5 Å². The Hall–Kier alpha value is -2.64. The molecule has 1 aromatic heterocycles. The number of carbonyl (C=O) groups excluding carboxylic acids is 1. The number of aromatic nitrogens is 1. The summed E-state index contributed by atoms with van der Waals surface area (Å²) in [5, 5.41) is 5.84. The molecular weight excluding hydrogens is 378 g/mol. The average molecular weight is 410 g/mol. The molecule has 1 fully saturated rings. The Morgan fingerprint density at radius 1 is 1.03 bits per heavy atom. The molecule has 0 aliphatic carbocycles. The number of hydrogen-bond acceptors (Lipinski definition) is 5. The van der Waals surface area contributed by atoms with Crippen molar-refractivity contribution in [2.24, 2.45) is 0 Å². The molecule has 4 rings (SSSR count). The summed E-state index contributed by atoms with van der Waals surface area (Å²) in [6.45, 7) is 7.62. The van der Waals surface area contributed by atoms with Crippen molar-refractivity contribution < 1.29 is 9.53 Å². The number of nitrogens with one attached hydrogen (secondary N) is 2. The minimum atomic E-state index is -0.131. The lowest BCUT2D eigenvalue weighted by Gasteiger charge is -2.29. The molecule has 0 saturated carbocycles. The van der Waals surface area contributed by atoms with E-state index in [0.29, 0.717) is 13.1 Å². The zero-order chi connectivity index (χ0) is 20.6. The maximum atomic E-state index is 12.0. The summed E-state index contributed by atoms with van der Waals surface area (Å²) in [6.07, 6.45) is 3.85. The standard InChI is InChI=1S/C23H31N5O2/c29-23(24-9-3-10-27-12-14-30-15-13-27)26-17-19-6-7-22(25-16-19)28-11-8-20-4-1-2-5-21(20)18-28/h1-2,4-7,16H,3,8-15,17-18H2,(H2,24,26,29). The van der Waals surface area contributed by atoms with Gasteiger partial charge < -0.3 is 20.3 Å². The summed E-state index contributed by atoms with van der Waals surface area (Å²) < 4.78 is 5.34. The lowest BCUT2D eigenvalue weighted by Crippen LogP contribution is -2.39. The minimum absolute atomic E-state index is 0.131. The molecular formula is C23H31N5O2. The van der Waals surface area contributed by atoms with Crippen LogP contribution in [0.15, 0.2) is 42.6 Å². The molecule has 0 bridgehead atoms. The van der Waals surface area contributed by atoms with Crippen LogP contribution in [0.2, 0.25) is 0 Å². The molecule has 2 aliphatic heterocycles. The molecule has 0 atom stereocenters. The summed E-state index contributed by atoms with van der Waals surface area (Å²) in [4.78, 5) is 21.3. The number of rotatable bonds is 7. The number of morpholine rings is 1. The van der Waals surface area contributed by atoms with Gasteiger partial charge in [0.15, 0.2) is 0 Å². The zero-order valence-corrected chi connectivity index (χ0v) is 17.5. The van der Waals surface area contributed by atoms with Crippen LogP contribution in [0, 0.1) is 0 Å². The van der Waals surface area contributed by atoms with E-state index in [2.05, 4.69) is 49.7 Å². The van der Waals surface area contributed by atoms with Crippen molar-refractivity contribution in [3.8, 4) is 0 Å². The Bertz CT molecular complexity index is 821. The summed E-state index contributed by atoms with van der Waals surface area (Å²) in [6, 6.07) is 12.6. The molecule has 160 valence electrons. The van der Waals surface area contributed by atoms with Gasteiger partial charge in [-0.1, -0.05) is 30.3 Å². The Balaban J connectivity index is 1.16. The number of fused-ring (bicyclic) bond motifs is 1. The van der Waals surface area contributed by atoms with Gasteiger partial charge in [0.2, 0.25) is 0 Å². The van der Waals surface area contributed by atoms with Gasteiger partial charge in [0.25, 0.3) is 0 Å². The van der Waals surface area contributed by atoms with Crippen molar-refractivity contribution in [1.29, 1.82) is 0 Å². The fourth-order valence-electron chi connectivity index (χ4n) is 3.97. The summed E-state index contributed by atoms with van der Waals surface area (Å²) in [5.74, 6) is 0.987. The third-order valence-electron chi connectivity index (χ3n) is 5.76. The lowest BCUT2D eigenvalue weighted by atomic mass is 10.00. The highest BCUT2D eigenvalue weighted by Gasteiger charge is 2.16. The Morgan fingerprint density at radius 2 is 1.87 bits per heavy atom. The molecule has 2 aliphatic rings. The number of ether oxygens (including phenoxy) is 1. The Morgan fingerprint density at radius 3 is 2.67 bits per heavy atom. The highest BCUT2D eigenvalue weighted by Crippen LogP contribution is 2.22. The number of urea groups is 1. The van der Waals surface area contributed by atoms with Crippen molar-refractivity contribution in [3.63, 3.8) is 0 Å². The van der Waals surface area contributed by atoms with Crippen molar-refractivity contribution in [2.45, 2.75) is 25.9 Å². The molecule has 3 heterocycles. The Labute approximate surface area is 178 Å². The second-order valence-corrected chi connectivity index (χ2v) is 7.88. The normalized spacial score (nSPS) is 16.7. The van der Waals surface area contributed by atoms with Crippen molar-refractivity contribution in [3.05, 3.63) is 59.3 Å². The molecule has 2 amide bonds. The molecule has 0 radical (unpaired) electrons. The van der Waals surface area contributed by atoms with Gasteiger partial charge in [-0.25, -0.2) is 9.78 Å². The van der Waals surface area contributed by atoms with Gasteiger partial charge in [-0.05, 0) is 42.1 Å². The van der Waals surface area contributed by atoms with Crippen molar-refractivity contribution in [1.82, 2.24) is 20.5 Å². The smallest absolute Gasteiger partial charge is 0.315 e. The van der Waals surface area contributed by atoms with Crippen LogP contribution in [0.1, 0.15) is 23.1 Å². The first-order chi connectivity index (χ1) is 14.8. The van der Waals surface area contributed by atoms with E-state index in [0.717, 1.165) is 70.2 Å². The molecule has 30 heavy (non-hydrogen) atoms. The summed E-state index contributed by atoms with van der Waals surface area (Å²) >= 11 is 0. The van der Waals surface area contributed by atoms with Gasteiger partial charge in [-0.2, -0.15) is 0 Å². The van der Waals surface area contributed by atoms with Crippen LogP contribution in [-0.2, 0) is 24.2 Å². The van der Waals surface area contributed by atoms with Gasteiger partial charge in [0.05, 0.1) is 13.2 Å². The predicted octanol–water partition coefficient (Wildman–Crippen LogP) is 2.17. The van der Waals surface area contributed by atoms with E-state index in [9.17, 15) is 4.79 Å². The van der Waals surface area contributed by atoms with E-state index >= 15 is 0 Å². The third-order valence-corrected chi connectivity index (χ3v) is 5.76. The third kappa shape index (κ3) is 5.70. The first kappa shape index (κ1) is 20.6. The molecule has 2 aromatic rings. The zero-order valence-electron chi connectivity index (χ0n) is 17.5. The van der Waals surface area contributed by atoms with Gasteiger partial charge >= 0.3 is 6.03 Å². The largest absolute Gasteiger partial charge is 0.379 e. The minimum Gasteiger partial charge on any atom is -0.379 e. The first-order valence-corrected chi connectivity index (χ1v) is 10.9. The van der Waals surface area contributed by atoms with Crippen LogP contribution in [0.4, 0.5) is 10.6 Å². The maximum absolute atomic E-state index is 12.0.